The lowest BCUT2D eigenvalue weighted by Crippen LogP contribution is -2.13. The number of fused-ring (bicyclic) bond motifs is 1. The molecule has 0 bridgehead atoms. The predicted octanol–water partition coefficient (Wildman–Crippen LogP) is 3.48. The van der Waals surface area contributed by atoms with Crippen LogP contribution in [-0.2, 0) is 6.42 Å². The van der Waals surface area contributed by atoms with Crippen molar-refractivity contribution in [2.24, 2.45) is 5.92 Å². The van der Waals surface area contributed by atoms with Crippen LogP contribution in [0.2, 0.25) is 0 Å². The van der Waals surface area contributed by atoms with E-state index in [1.165, 1.54) is 11.3 Å². The van der Waals surface area contributed by atoms with Gasteiger partial charge in [-0.1, -0.05) is 13.8 Å². The molecule has 0 unspecified atom stereocenters. The predicted molar refractivity (Wildman–Crippen MR) is 92.0 cm³/mol. The summed E-state index contributed by atoms with van der Waals surface area (Å²) in [5.74, 6) is 0.312. The second-order valence-corrected chi connectivity index (χ2v) is 7.21. The Morgan fingerprint density at radius 3 is 2.91 bits per heavy atom. The fourth-order valence-corrected chi connectivity index (χ4v) is 3.25. The third-order valence-corrected chi connectivity index (χ3v) is 4.42. The maximum absolute atomic E-state index is 12.5. The summed E-state index contributed by atoms with van der Waals surface area (Å²) in [5, 5.41) is 12.6. The van der Waals surface area contributed by atoms with Crippen molar-refractivity contribution in [3.8, 4) is 0 Å². The minimum Gasteiger partial charge on any atom is -0.312 e. The molecule has 0 aromatic carbocycles. The van der Waals surface area contributed by atoms with Gasteiger partial charge >= 0.3 is 0 Å². The Morgan fingerprint density at radius 2 is 2.17 bits per heavy atom. The first-order valence-corrected chi connectivity index (χ1v) is 8.34. The van der Waals surface area contributed by atoms with Crippen LogP contribution in [0.15, 0.2) is 12.3 Å². The third-order valence-electron chi connectivity index (χ3n) is 3.50. The van der Waals surface area contributed by atoms with Crippen molar-refractivity contribution in [3.63, 3.8) is 0 Å². The van der Waals surface area contributed by atoms with Gasteiger partial charge in [-0.3, -0.25) is 9.89 Å². The first-order chi connectivity index (χ1) is 10.9. The van der Waals surface area contributed by atoms with E-state index >= 15 is 0 Å². The van der Waals surface area contributed by atoms with Gasteiger partial charge in [0.05, 0.1) is 16.3 Å². The van der Waals surface area contributed by atoms with Gasteiger partial charge in [-0.2, -0.15) is 5.10 Å². The Bertz CT molecular complexity index is 865. The Labute approximate surface area is 138 Å². The normalized spacial score (nSPS) is 11.3. The fourth-order valence-electron chi connectivity index (χ4n) is 2.41. The molecule has 0 spiro atoms. The fraction of sp³-hybridized carbons (Fsp3) is 0.375. The molecule has 120 valence electrons. The van der Waals surface area contributed by atoms with Crippen LogP contribution in [0.4, 0.5) is 5.00 Å². The van der Waals surface area contributed by atoms with E-state index < -0.39 is 0 Å². The number of pyridine rings is 1. The first-order valence-electron chi connectivity index (χ1n) is 7.52. The first kappa shape index (κ1) is 15.6. The van der Waals surface area contributed by atoms with Crippen molar-refractivity contribution < 1.29 is 4.79 Å². The summed E-state index contributed by atoms with van der Waals surface area (Å²) in [7, 11) is 0. The highest BCUT2D eigenvalue weighted by molar-refractivity contribution is 7.16. The van der Waals surface area contributed by atoms with Crippen molar-refractivity contribution in [2.75, 3.05) is 5.32 Å². The van der Waals surface area contributed by atoms with E-state index in [1.807, 2.05) is 19.9 Å². The van der Waals surface area contributed by atoms with E-state index in [2.05, 4.69) is 39.3 Å². The van der Waals surface area contributed by atoms with E-state index in [9.17, 15) is 4.79 Å². The Hall–Kier alpha value is -2.28. The number of aryl methyl sites for hydroxylation is 2. The van der Waals surface area contributed by atoms with Crippen molar-refractivity contribution >= 4 is 33.3 Å². The maximum atomic E-state index is 12.5. The number of thiazole rings is 1. The van der Waals surface area contributed by atoms with Gasteiger partial charge < -0.3 is 5.32 Å². The molecule has 3 aromatic heterocycles. The van der Waals surface area contributed by atoms with Gasteiger partial charge in [0, 0.05) is 17.3 Å². The summed E-state index contributed by atoms with van der Waals surface area (Å²) in [5.41, 5.74) is 2.98. The minimum atomic E-state index is -0.173. The zero-order valence-electron chi connectivity index (χ0n) is 13.6. The number of nitrogens with zero attached hydrogens (tertiary/aromatic N) is 3. The molecule has 0 radical (unpaired) electrons. The van der Waals surface area contributed by atoms with Gasteiger partial charge in [0.15, 0.2) is 5.65 Å². The number of nitrogens with one attached hydrogen (secondary N) is 2. The lowest BCUT2D eigenvalue weighted by atomic mass is 10.1. The van der Waals surface area contributed by atoms with Crippen LogP contribution >= 0.6 is 11.3 Å². The average molecular weight is 329 g/mol. The van der Waals surface area contributed by atoms with Gasteiger partial charge in [0.1, 0.15) is 5.00 Å². The third kappa shape index (κ3) is 3.24. The Morgan fingerprint density at radius 1 is 1.39 bits per heavy atom. The van der Waals surface area contributed by atoms with Crippen molar-refractivity contribution in [1.29, 1.82) is 0 Å². The number of H-pyrrole nitrogens is 1. The molecule has 7 heteroatoms. The number of hydrogen-bond donors (Lipinski definition) is 2. The number of anilines is 1. The lowest BCUT2D eigenvalue weighted by molar-refractivity contribution is 0.102. The molecular formula is C16H19N5OS. The van der Waals surface area contributed by atoms with Gasteiger partial charge in [-0.05, 0) is 32.3 Å². The average Bonchev–Trinajstić information content (AvgIpc) is 3.02. The van der Waals surface area contributed by atoms with E-state index in [-0.39, 0.29) is 5.91 Å². The summed E-state index contributed by atoms with van der Waals surface area (Å²) in [6.07, 6.45) is 2.39. The molecule has 3 heterocycles. The molecule has 0 saturated carbocycles. The van der Waals surface area contributed by atoms with Crippen LogP contribution in [-0.4, -0.2) is 26.1 Å². The SMILES string of the molecule is Cc1nc(CC(C)C)c(NC(=O)c2cnc3n[nH]c(C)c3c2)s1. The molecule has 2 N–H and O–H groups in total. The molecular weight excluding hydrogens is 310 g/mol. The largest absolute Gasteiger partial charge is 0.312 e. The van der Waals surface area contributed by atoms with Crippen molar-refractivity contribution in [3.05, 3.63) is 34.2 Å². The number of carbonyl (C=O) groups is 1. The molecule has 0 aliphatic heterocycles. The number of amides is 1. The van der Waals surface area contributed by atoms with Crippen LogP contribution in [0.5, 0.6) is 0 Å². The smallest absolute Gasteiger partial charge is 0.257 e. The maximum Gasteiger partial charge on any atom is 0.257 e. The zero-order chi connectivity index (χ0) is 16.6. The molecule has 3 rings (SSSR count). The van der Waals surface area contributed by atoms with E-state index in [0.29, 0.717) is 17.1 Å². The van der Waals surface area contributed by atoms with Crippen molar-refractivity contribution in [2.45, 2.75) is 34.1 Å². The van der Waals surface area contributed by atoms with Crippen molar-refractivity contribution in [1.82, 2.24) is 20.2 Å². The second kappa shape index (κ2) is 6.08. The Kier molecular flexibility index (Phi) is 4.12. The molecule has 0 fully saturated rings. The minimum absolute atomic E-state index is 0.173. The molecule has 0 saturated heterocycles. The van der Waals surface area contributed by atoms with E-state index in [4.69, 9.17) is 0 Å². The molecule has 0 aliphatic carbocycles. The quantitative estimate of drug-likeness (QED) is 0.767. The van der Waals surface area contributed by atoms with Gasteiger partial charge in [-0.25, -0.2) is 9.97 Å². The molecule has 6 nitrogen and oxygen atoms in total. The highest BCUT2D eigenvalue weighted by Gasteiger charge is 2.16. The monoisotopic (exact) mass is 329 g/mol. The standard InChI is InChI=1S/C16H19N5OS/c1-8(2)5-13-16(23-10(4)18-13)19-15(22)11-6-12-9(3)20-21-14(12)17-7-11/h6-8H,5H2,1-4H3,(H,19,22)(H,17,20,21). The Balaban J connectivity index is 1.87. The van der Waals surface area contributed by atoms with E-state index in [1.54, 1.807) is 6.20 Å². The zero-order valence-corrected chi connectivity index (χ0v) is 14.4. The number of aromatic nitrogens is 4. The highest BCUT2D eigenvalue weighted by atomic mass is 32.1. The number of rotatable bonds is 4. The highest BCUT2D eigenvalue weighted by Crippen LogP contribution is 2.27. The summed E-state index contributed by atoms with van der Waals surface area (Å²) in [6, 6.07) is 1.81. The summed E-state index contributed by atoms with van der Waals surface area (Å²) in [6.45, 7) is 8.14. The molecule has 1 amide bonds. The van der Waals surface area contributed by atoms with Crippen LogP contribution in [0, 0.1) is 19.8 Å². The lowest BCUT2D eigenvalue weighted by Gasteiger charge is -2.07. The van der Waals surface area contributed by atoms with Crippen LogP contribution in [0.3, 0.4) is 0 Å². The van der Waals surface area contributed by atoms with Crippen LogP contribution < -0.4 is 5.32 Å². The van der Waals surface area contributed by atoms with E-state index in [0.717, 1.165) is 33.2 Å². The van der Waals surface area contributed by atoms with Crippen LogP contribution in [0.1, 0.15) is 40.6 Å². The topological polar surface area (TPSA) is 83.6 Å². The number of carbonyl (C=O) groups excluding carboxylic acids is 1. The number of aromatic amines is 1. The molecule has 23 heavy (non-hydrogen) atoms. The van der Waals surface area contributed by atoms with Gasteiger partial charge in [0.25, 0.3) is 5.91 Å². The second-order valence-electron chi connectivity index (χ2n) is 6.00. The molecule has 0 aliphatic rings. The van der Waals surface area contributed by atoms with Gasteiger partial charge in [0.2, 0.25) is 0 Å². The molecule has 3 aromatic rings. The summed E-state index contributed by atoms with van der Waals surface area (Å²) >= 11 is 1.51. The number of hydrogen-bond acceptors (Lipinski definition) is 5. The molecule has 0 atom stereocenters. The van der Waals surface area contributed by atoms with Crippen LogP contribution in [0.25, 0.3) is 11.0 Å². The van der Waals surface area contributed by atoms with Gasteiger partial charge in [-0.15, -0.1) is 11.3 Å². The summed E-state index contributed by atoms with van der Waals surface area (Å²) < 4.78 is 0. The summed E-state index contributed by atoms with van der Waals surface area (Å²) in [4.78, 5) is 21.3.